The van der Waals surface area contributed by atoms with Crippen LogP contribution in [0.1, 0.15) is 6.42 Å². The predicted molar refractivity (Wildman–Crippen MR) is 66.5 cm³/mol. The van der Waals surface area contributed by atoms with Crippen LogP contribution in [0.2, 0.25) is 0 Å². The lowest BCUT2D eigenvalue weighted by atomic mass is 10.2. The molecule has 1 heterocycles. The molecule has 1 aromatic heterocycles. The zero-order chi connectivity index (χ0) is 11.8. The molecule has 1 aromatic carbocycles. The predicted octanol–water partition coefficient (Wildman–Crippen LogP) is 1.52. The Morgan fingerprint density at radius 2 is 2.18 bits per heavy atom. The first kappa shape index (κ1) is 10.2. The second kappa shape index (κ2) is 3.82. The molecule has 3 N–H and O–H groups in total. The monoisotopic (exact) mass is 227 g/mol. The molecule has 2 aromatic rings. The van der Waals surface area contributed by atoms with E-state index in [4.69, 9.17) is 5.73 Å². The van der Waals surface area contributed by atoms with Crippen LogP contribution in [0.3, 0.4) is 0 Å². The Morgan fingerprint density at radius 3 is 2.94 bits per heavy atom. The second-order valence-corrected chi connectivity index (χ2v) is 4.41. The fourth-order valence-electron chi connectivity index (χ4n) is 1.89. The summed E-state index contributed by atoms with van der Waals surface area (Å²) < 4.78 is 0. The molecule has 1 aliphatic rings. The van der Waals surface area contributed by atoms with Crippen molar-refractivity contribution >= 4 is 22.5 Å². The third kappa shape index (κ3) is 1.99. The van der Waals surface area contributed by atoms with Gasteiger partial charge in [0.05, 0.1) is 23.3 Å². The largest absolute Gasteiger partial charge is 0.327 e. The van der Waals surface area contributed by atoms with Gasteiger partial charge < -0.3 is 11.1 Å². The number of nitrogens with two attached hydrogens (primary N) is 1. The van der Waals surface area contributed by atoms with Crippen molar-refractivity contribution in [2.45, 2.75) is 12.5 Å². The van der Waals surface area contributed by atoms with Crippen LogP contribution in [-0.4, -0.2) is 16.9 Å². The SMILES string of the molecule is NC1CC1C(=O)Nc1cnc2ccccc2c1. The van der Waals surface area contributed by atoms with Gasteiger partial charge in [-0.2, -0.15) is 0 Å². The quantitative estimate of drug-likeness (QED) is 0.817. The van der Waals surface area contributed by atoms with E-state index in [1.54, 1.807) is 6.20 Å². The molecule has 3 rings (SSSR count). The summed E-state index contributed by atoms with van der Waals surface area (Å²) >= 11 is 0. The molecule has 1 fully saturated rings. The van der Waals surface area contributed by atoms with Crippen molar-refractivity contribution in [2.75, 3.05) is 5.32 Å². The maximum atomic E-state index is 11.7. The average molecular weight is 227 g/mol. The maximum Gasteiger partial charge on any atom is 0.229 e. The van der Waals surface area contributed by atoms with E-state index in [2.05, 4.69) is 10.3 Å². The highest BCUT2D eigenvalue weighted by Gasteiger charge is 2.39. The molecule has 0 radical (unpaired) electrons. The van der Waals surface area contributed by atoms with Crippen LogP contribution >= 0.6 is 0 Å². The Kier molecular flexibility index (Phi) is 2.30. The molecule has 4 nitrogen and oxygen atoms in total. The number of hydrogen-bond donors (Lipinski definition) is 2. The van der Waals surface area contributed by atoms with Crippen molar-refractivity contribution in [3.05, 3.63) is 36.5 Å². The number of para-hydroxylation sites is 1. The molecular weight excluding hydrogens is 214 g/mol. The van der Waals surface area contributed by atoms with Crippen LogP contribution in [0.25, 0.3) is 10.9 Å². The van der Waals surface area contributed by atoms with Gasteiger partial charge in [0, 0.05) is 11.4 Å². The van der Waals surface area contributed by atoms with E-state index in [1.807, 2.05) is 30.3 Å². The van der Waals surface area contributed by atoms with Gasteiger partial charge in [0.2, 0.25) is 5.91 Å². The highest BCUT2D eigenvalue weighted by Crippen LogP contribution is 2.29. The number of carbonyl (C=O) groups excluding carboxylic acids is 1. The van der Waals surface area contributed by atoms with Crippen LogP contribution < -0.4 is 11.1 Å². The van der Waals surface area contributed by atoms with Crippen molar-refractivity contribution in [1.82, 2.24) is 4.98 Å². The summed E-state index contributed by atoms with van der Waals surface area (Å²) in [6.07, 6.45) is 2.46. The summed E-state index contributed by atoms with van der Waals surface area (Å²) in [5, 5.41) is 3.86. The third-order valence-corrected chi connectivity index (χ3v) is 3.03. The molecule has 1 amide bonds. The Labute approximate surface area is 98.8 Å². The molecule has 0 bridgehead atoms. The van der Waals surface area contributed by atoms with Crippen molar-refractivity contribution in [2.24, 2.45) is 11.7 Å². The number of fused-ring (bicyclic) bond motifs is 1. The van der Waals surface area contributed by atoms with E-state index in [0.717, 1.165) is 23.0 Å². The summed E-state index contributed by atoms with van der Waals surface area (Å²) in [6.45, 7) is 0. The van der Waals surface area contributed by atoms with Crippen molar-refractivity contribution in [3.63, 3.8) is 0 Å². The van der Waals surface area contributed by atoms with Crippen molar-refractivity contribution in [3.8, 4) is 0 Å². The topological polar surface area (TPSA) is 68.0 Å². The molecule has 2 atom stereocenters. The zero-order valence-corrected chi connectivity index (χ0v) is 9.26. The summed E-state index contributed by atoms with van der Waals surface area (Å²) in [6, 6.07) is 9.76. The second-order valence-electron chi connectivity index (χ2n) is 4.41. The van der Waals surface area contributed by atoms with E-state index < -0.39 is 0 Å². The van der Waals surface area contributed by atoms with E-state index in [-0.39, 0.29) is 17.9 Å². The van der Waals surface area contributed by atoms with Crippen LogP contribution in [-0.2, 0) is 4.79 Å². The highest BCUT2D eigenvalue weighted by molar-refractivity contribution is 5.96. The molecule has 17 heavy (non-hydrogen) atoms. The number of rotatable bonds is 2. The van der Waals surface area contributed by atoms with E-state index in [0.29, 0.717) is 0 Å². The molecule has 1 aliphatic carbocycles. The average Bonchev–Trinajstić information content (AvgIpc) is 3.06. The Hall–Kier alpha value is -1.94. The molecule has 0 saturated heterocycles. The van der Waals surface area contributed by atoms with E-state index in [9.17, 15) is 4.79 Å². The lowest BCUT2D eigenvalue weighted by Crippen LogP contribution is -2.18. The third-order valence-electron chi connectivity index (χ3n) is 3.03. The number of nitrogens with one attached hydrogen (secondary N) is 1. The van der Waals surface area contributed by atoms with E-state index in [1.165, 1.54) is 0 Å². The Morgan fingerprint density at radius 1 is 1.41 bits per heavy atom. The summed E-state index contributed by atoms with van der Waals surface area (Å²) in [4.78, 5) is 16.0. The molecule has 1 saturated carbocycles. The van der Waals surface area contributed by atoms with Gasteiger partial charge >= 0.3 is 0 Å². The van der Waals surface area contributed by atoms with Gasteiger partial charge in [0.1, 0.15) is 0 Å². The fraction of sp³-hybridized carbons (Fsp3) is 0.231. The number of carbonyl (C=O) groups is 1. The van der Waals surface area contributed by atoms with Gasteiger partial charge in [0.15, 0.2) is 0 Å². The van der Waals surface area contributed by atoms with Crippen LogP contribution in [0.5, 0.6) is 0 Å². The molecular formula is C13H13N3O. The first-order valence-electron chi connectivity index (χ1n) is 5.65. The maximum absolute atomic E-state index is 11.7. The normalized spacial score (nSPS) is 22.4. The molecule has 2 unspecified atom stereocenters. The van der Waals surface area contributed by atoms with Crippen molar-refractivity contribution in [1.29, 1.82) is 0 Å². The smallest absolute Gasteiger partial charge is 0.229 e. The first-order valence-corrected chi connectivity index (χ1v) is 5.65. The Bertz CT molecular complexity index is 582. The Balaban J connectivity index is 1.83. The van der Waals surface area contributed by atoms with Crippen molar-refractivity contribution < 1.29 is 4.79 Å². The number of nitrogens with zero attached hydrogens (tertiary/aromatic N) is 1. The lowest BCUT2D eigenvalue weighted by molar-refractivity contribution is -0.117. The van der Waals surface area contributed by atoms with Gasteiger partial charge in [-0.25, -0.2) is 0 Å². The lowest BCUT2D eigenvalue weighted by Gasteiger charge is -2.05. The van der Waals surface area contributed by atoms with E-state index >= 15 is 0 Å². The van der Waals surface area contributed by atoms with Gasteiger partial charge in [0.25, 0.3) is 0 Å². The molecule has 4 heteroatoms. The fourth-order valence-corrected chi connectivity index (χ4v) is 1.89. The minimum Gasteiger partial charge on any atom is -0.327 e. The summed E-state index contributed by atoms with van der Waals surface area (Å²) in [5.41, 5.74) is 7.29. The number of anilines is 1. The zero-order valence-electron chi connectivity index (χ0n) is 9.26. The van der Waals surface area contributed by atoms with Gasteiger partial charge in [-0.3, -0.25) is 9.78 Å². The molecule has 86 valence electrons. The molecule has 0 aliphatic heterocycles. The van der Waals surface area contributed by atoms with Crippen LogP contribution in [0.4, 0.5) is 5.69 Å². The summed E-state index contributed by atoms with van der Waals surface area (Å²) in [7, 11) is 0. The standard InChI is InChI=1S/C13H13N3O/c14-11-6-10(11)13(17)16-9-5-8-3-1-2-4-12(8)15-7-9/h1-5,7,10-11H,6,14H2,(H,16,17). The highest BCUT2D eigenvalue weighted by atomic mass is 16.2. The number of amides is 1. The number of hydrogen-bond acceptors (Lipinski definition) is 3. The molecule has 0 spiro atoms. The minimum absolute atomic E-state index is 0.00502. The van der Waals surface area contributed by atoms with Gasteiger partial charge in [-0.05, 0) is 18.6 Å². The van der Waals surface area contributed by atoms with Gasteiger partial charge in [-0.1, -0.05) is 18.2 Å². The van der Waals surface area contributed by atoms with Crippen LogP contribution in [0.15, 0.2) is 36.5 Å². The number of benzene rings is 1. The first-order chi connectivity index (χ1) is 8.24. The number of pyridine rings is 1. The summed E-state index contributed by atoms with van der Waals surface area (Å²) in [5.74, 6) is -0.0314. The minimum atomic E-state index is -0.0264. The van der Waals surface area contributed by atoms with Gasteiger partial charge in [-0.15, -0.1) is 0 Å². The number of aromatic nitrogens is 1. The van der Waals surface area contributed by atoms with Crippen LogP contribution in [0, 0.1) is 5.92 Å².